The maximum absolute atomic E-state index is 13.0. The van der Waals surface area contributed by atoms with E-state index in [0.717, 1.165) is 25.1 Å². The van der Waals surface area contributed by atoms with Gasteiger partial charge in [-0.2, -0.15) is 0 Å². The molecule has 0 aliphatic carbocycles. The van der Waals surface area contributed by atoms with Gasteiger partial charge in [-0.1, -0.05) is 18.9 Å². The minimum Gasteiger partial charge on any atom is -0.383 e. The summed E-state index contributed by atoms with van der Waals surface area (Å²) in [4.78, 5) is 21.4. The van der Waals surface area contributed by atoms with Gasteiger partial charge in [0.2, 0.25) is 5.91 Å². The first kappa shape index (κ1) is 16.9. The van der Waals surface area contributed by atoms with Crippen LogP contribution < -0.4 is 0 Å². The molecular formula is C17H27N3O2. The van der Waals surface area contributed by atoms with Crippen LogP contribution in [-0.2, 0) is 16.1 Å². The summed E-state index contributed by atoms with van der Waals surface area (Å²) >= 11 is 0. The van der Waals surface area contributed by atoms with E-state index in [1.807, 2.05) is 23.1 Å². The molecule has 0 spiro atoms. The minimum absolute atomic E-state index is 0.0110. The van der Waals surface area contributed by atoms with Gasteiger partial charge in [0.25, 0.3) is 0 Å². The lowest BCUT2D eigenvalue weighted by molar-refractivity contribution is -0.138. The van der Waals surface area contributed by atoms with Crippen molar-refractivity contribution in [1.29, 1.82) is 0 Å². The molecule has 1 saturated heterocycles. The standard InChI is InChI=1S/C17H27N3O2/c1-19-11-7-3-4-9-16(19)17(21)20(12-13-22-2)14-15-8-5-6-10-18-15/h5-6,8,10,16H,3-4,7,9,11-14H2,1-2H3/t16-/m1/s1. The first-order chi connectivity index (χ1) is 10.7. The second-order valence-corrected chi connectivity index (χ2v) is 5.92. The van der Waals surface area contributed by atoms with Gasteiger partial charge in [-0.15, -0.1) is 0 Å². The van der Waals surface area contributed by atoms with E-state index in [9.17, 15) is 4.79 Å². The van der Waals surface area contributed by atoms with Crippen LogP contribution in [0.3, 0.4) is 0 Å². The van der Waals surface area contributed by atoms with E-state index in [1.54, 1.807) is 13.3 Å². The molecule has 0 saturated carbocycles. The molecule has 2 heterocycles. The molecule has 1 aromatic heterocycles. The van der Waals surface area contributed by atoms with E-state index in [0.29, 0.717) is 19.7 Å². The van der Waals surface area contributed by atoms with Crippen molar-refractivity contribution in [3.05, 3.63) is 30.1 Å². The number of methoxy groups -OCH3 is 1. The van der Waals surface area contributed by atoms with Crippen molar-refractivity contribution in [2.75, 3.05) is 33.9 Å². The largest absolute Gasteiger partial charge is 0.383 e. The number of likely N-dealkylation sites (N-methyl/N-ethyl adjacent to an activating group) is 1. The highest BCUT2D eigenvalue weighted by Gasteiger charge is 2.28. The lowest BCUT2D eigenvalue weighted by Crippen LogP contribution is -2.47. The zero-order chi connectivity index (χ0) is 15.8. The molecule has 1 aromatic rings. The lowest BCUT2D eigenvalue weighted by Gasteiger charge is -2.31. The van der Waals surface area contributed by atoms with E-state index in [-0.39, 0.29) is 11.9 Å². The zero-order valence-corrected chi connectivity index (χ0v) is 13.7. The predicted octanol–water partition coefficient (Wildman–Crippen LogP) is 1.93. The number of carbonyl (C=O) groups is 1. The molecule has 1 amide bonds. The highest BCUT2D eigenvalue weighted by molar-refractivity contribution is 5.81. The van der Waals surface area contributed by atoms with Gasteiger partial charge in [0.05, 0.1) is 24.9 Å². The molecule has 1 aliphatic heterocycles. The summed E-state index contributed by atoms with van der Waals surface area (Å²) < 4.78 is 5.17. The highest BCUT2D eigenvalue weighted by atomic mass is 16.5. The van der Waals surface area contributed by atoms with Gasteiger partial charge in [0.1, 0.15) is 0 Å². The molecule has 0 bridgehead atoms. The van der Waals surface area contributed by atoms with Crippen molar-refractivity contribution in [3.8, 4) is 0 Å². The quantitative estimate of drug-likeness (QED) is 0.805. The summed E-state index contributed by atoms with van der Waals surface area (Å²) in [5, 5.41) is 0. The van der Waals surface area contributed by atoms with Crippen molar-refractivity contribution >= 4 is 5.91 Å². The number of amides is 1. The zero-order valence-electron chi connectivity index (χ0n) is 13.7. The molecule has 0 radical (unpaired) electrons. The van der Waals surface area contributed by atoms with E-state index in [1.165, 1.54) is 12.8 Å². The highest BCUT2D eigenvalue weighted by Crippen LogP contribution is 2.18. The molecular weight excluding hydrogens is 278 g/mol. The molecule has 1 aliphatic rings. The molecule has 1 atom stereocenters. The van der Waals surface area contributed by atoms with Gasteiger partial charge in [-0.25, -0.2) is 0 Å². The number of rotatable bonds is 6. The molecule has 1 fully saturated rings. The van der Waals surface area contributed by atoms with E-state index in [4.69, 9.17) is 4.74 Å². The number of hydrogen-bond acceptors (Lipinski definition) is 4. The minimum atomic E-state index is -0.0110. The Hall–Kier alpha value is -1.46. The van der Waals surface area contributed by atoms with E-state index < -0.39 is 0 Å². The fourth-order valence-electron chi connectivity index (χ4n) is 2.93. The summed E-state index contributed by atoms with van der Waals surface area (Å²) in [5.74, 6) is 0.201. The van der Waals surface area contributed by atoms with Gasteiger partial charge in [-0.05, 0) is 38.6 Å². The van der Waals surface area contributed by atoms with Gasteiger partial charge in [-0.3, -0.25) is 14.7 Å². The number of ether oxygens (including phenoxy) is 1. The Morgan fingerprint density at radius 1 is 1.41 bits per heavy atom. The van der Waals surface area contributed by atoms with E-state index in [2.05, 4.69) is 16.9 Å². The Bertz CT molecular complexity index is 452. The summed E-state index contributed by atoms with van der Waals surface area (Å²) in [7, 11) is 3.73. The smallest absolute Gasteiger partial charge is 0.240 e. The van der Waals surface area contributed by atoms with Gasteiger partial charge < -0.3 is 9.64 Å². The van der Waals surface area contributed by atoms with Crippen molar-refractivity contribution in [3.63, 3.8) is 0 Å². The second kappa shape index (κ2) is 8.86. The third-order valence-electron chi connectivity index (χ3n) is 4.26. The molecule has 5 heteroatoms. The van der Waals surface area contributed by atoms with Gasteiger partial charge in [0, 0.05) is 19.9 Å². The van der Waals surface area contributed by atoms with Crippen LogP contribution in [0.4, 0.5) is 0 Å². The Balaban J connectivity index is 2.07. The molecule has 2 rings (SSSR count). The van der Waals surface area contributed by atoms with Crippen molar-refractivity contribution < 1.29 is 9.53 Å². The third kappa shape index (κ3) is 4.78. The first-order valence-corrected chi connectivity index (χ1v) is 8.10. The molecule has 0 N–H and O–H groups in total. The number of nitrogens with zero attached hydrogens (tertiary/aromatic N) is 3. The Morgan fingerprint density at radius 2 is 2.27 bits per heavy atom. The number of pyridine rings is 1. The van der Waals surface area contributed by atoms with E-state index >= 15 is 0 Å². The molecule has 0 aromatic carbocycles. The lowest BCUT2D eigenvalue weighted by atomic mass is 10.1. The maximum Gasteiger partial charge on any atom is 0.240 e. The average Bonchev–Trinajstić information content (AvgIpc) is 2.76. The second-order valence-electron chi connectivity index (χ2n) is 5.92. The number of hydrogen-bond donors (Lipinski definition) is 0. The van der Waals surface area contributed by atoms with Crippen LogP contribution in [0, 0.1) is 0 Å². The van der Waals surface area contributed by atoms with Crippen LogP contribution in [-0.4, -0.2) is 60.6 Å². The van der Waals surface area contributed by atoms with Crippen molar-refractivity contribution in [1.82, 2.24) is 14.8 Å². The molecule has 0 unspecified atom stereocenters. The Kier molecular flexibility index (Phi) is 6.80. The first-order valence-electron chi connectivity index (χ1n) is 8.10. The summed E-state index contributed by atoms with van der Waals surface area (Å²) in [6.07, 6.45) is 6.24. The van der Waals surface area contributed by atoms with Crippen molar-refractivity contribution in [2.45, 2.75) is 38.3 Å². The summed E-state index contributed by atoms with van der Waals surface area (Å²) in [6, 6.07) is 5.80. The number of carbonyl (C=O) groups excluding carboxylic acids is 1. The fourth-order valence-corrected chi connectivity index (χ4v) is 2.93. The predicted molar refractivity (Wildman–Crippen MR) is 86.4 cm³/mol. The van der Waals surface area contributed by atoms with Crippen LogP contribution >= 0.6 is 0 Å². The monoisotopic (exact) mass is 305 g/mol. The van der Waals surface area contributed by atoms with Gasteiger partial charge >= 0.3 is 0 Å². The Morgan fingerprint density at radius 3 is 3.00 bits per heavy atom. The van der Waals surface area contributed by atoms with Crippen molar-refractivity contribution in [2.24, 2.45) is 0 Å². The molecule has 22 heavy (non-hydrogen) atoms. The summed E-state index contributed by atoms with van der Waals surface area (Å²) in [5.41, 5.74) is 0.920. The fraction of sp³-hybridized carbons (Fsp3) is 0.647. The van der Waals surface area contributed by atoms with Crippen LogP contribution in [0.1, 0.15) is 31.4 Å². The molecule has 5 nitrogen and oxygen atoms in total. The van der Waals surface area contributed by atoms with Crippen LogP contribution in [0.5, 0.6) is 0 Å². The topological polar surface area (TPSA) is 45.7 Å². The normalized spacial score (nSPS) is 19.6. The number of likely N-dealkylation sites (tertiary alicyclic amines) is 1. The summed E-state index contributed by atoms with van der Waals surface area (Å²) in [6.45, 7) is 2.71. The molecule has 122 valence electrons. The maximum atomic E-state index is 13.0. The number of aromatic nitrogens is 1. The third-order valence-corrected chi connectivity index (χ3v) is 4.26. The average molecular weight is 305 g/mol. The van der Waals surface area contributed by atoms with Crippen LogP contribution in [0.25, 0.3) is 0 Å². The van der Waals surface area contributed by atoms with Crippen LogP contribution in [0.2, 0.25) is 0 Å². The SMILES string of the molecule is COCCN(Cc1ccccn1)C(=O)[C@H]1CCCCCN1C. The Labute approximate surface area is 133 Å². The van der Waals surface area contributed by atoms with Crippen LogP contribution in [0.15, 0.2) is 24.4 Å². The van der Waals surface area contributed by atoms with Gasteiger partial charge in [0.15, 0.2) is 0 Å².